The van der Waals surface area contributed by atoms with Crippen LogP contribution in [0, 0.1) is 6.92 Å². The maximum Gasteiger partial charge on any atom is 0.241 e. The highest BCUT2D eigenvalue weighted by Gasteiger charge is 2.61. The number of benzene rings is 1. The number of aryl methyl sites for hydroxylation is 1. The minimum absolute atomic E-state index is 0.137. The molecular formula is C27H34N6O2. The number of fused-ring (bicyclic) bond motifs is 2. The minimum atomic E-state index is -0.361. The van der Waals surface area contributed by atoms with Gasteiger partial charge >= 0.3 is 0 Å². The third kappa shape index (κ3) is 3.69. The fourth-order valence-electron chi connectivity index (χ4n) is 5.99. The molecule has 6 rings (SSSR count). The van der Waals surface area contributed by atoms with Crippen LogP contribution in [-0.4, -0.2) is 58.4 Å². The monoisotopic (exact) mass is 474 g/mol. The van der Waals surface area contributed by atoms with E-state index in [-0.39, 0.29) is 23.3 Å². The molecule has 2 amide bonds. The van der Waals surface area contributed by atoms with Crippen LogP contribution < -0.4 is 15.1 Å². The molecule has 1 saturated heterocycles. The Kier molecular flexibility index (Phi) is 5.32. The molecule has 0 bridgehead atoms. The number of nitrogens with one attached hydrogen (secondary N) is 1. The van der Waals surface area contributed by atoms with Crippen LogP contribution in [0.2, 0.25) is 0 Å². The van der Waals surface area contributed by atoms with Crippen molar-refractivity contribution in [2.75, 3.05) is 34.8 Å². The van der Waals surface area contributed by atoms with Gasteiger partial charge in [-0.15, -0.1) is 0 Å². The minimum Gasteiger partial charge on any atom is -0.324 e. The first-order valence-corrected chi connectivity index (χ1v) is 13.0. The highest BCUT2D eigenvalue weighted by Crippen LogP contribution is 2.57. The fraction of sp³-hybridized carbons (Fsp3) is 0.556. The van der Waals surface area contributed by atoms with E-state index in [1.165, 1.54) is 12.8 Å². The van der Waals surface area contributed by atoms with Gasteiger partial charge in [0.05, 0.1) is 12.0 Å². The highest BCUT2D eigenvalue weighted by molar-refractivity contribution is 6.09. The van der Waals surface area contributed by atoms with E-state index in [4.69, 9.17) is 4.98 Å². The van der Waals surface area contributed by atoms with E-state index in [2.05, 4.69) is 29.0 Å². The van der Waals surface area contributed by atoms with Crippen LogP contribution >= 0.6 is 0 Å². The van der Waals surface area contributed by atoms with Crippen molar-refractivity contribution in [2.45, 2.75) is 76.8 Å². The lowest BCUT2D eigenvalue weighted by Gasteiger charge is -2.36. The maximum absolute atomic E-state index is 13.3. The summed E-state index contributed by atoms with van der Waals surface area (Å²) in [7, 11) is 0. The number of carbonyl (C=O) groups is 2. The molecule has 2 saturated carbocycles. The third-order valence-electron chi connectivity index (χ3n) is 8.33. The number of hydrogen-bond acceptors (Lipinski definition) is 6. The largest absolute Gasteiger partial charge is 0.324 e. The van der Waals surface area contributed by atoms with Gasteiger partial charge in [0.1, 0.15) is 5.82 Å². The Balaban J connectivity index is 1.23. The summed E-state index contributed by atoms with van der Waals surface area (Å²) in [6.07, 6.45) is 8.13. The molecule has 3 heterocycles. The molecule has 35 heavy (non-hydrogen) atoms. The Morgan fingerprint density at radius 1 is 1.11 bits per heavy atom. The van der Waals surface area contributed by atoms with Crippen molar-refractivity contribution in [3.05, 3.63) is 35.5 Å². The zero-order chi connectivity index (χ0) is 24.3. The predicted molar refractivity (Wildman–Crippen MR) is 136 cm³/mol. The van der Waals surface area contributed by atoms with E-state index in [0.717, 1.165) is 60.5 Å². The summed E-state index contributed by atoms with van der Waals surface area (Å²) in [4.78, 5) is 41.6. The number of anilines is 4. The van der Waals surface area contributed by atoms with E-state index < -0.39 is 0 Å². The molecule has 8 nitrogen and oxygen atoms in total. The SMILES string of the molecule is Cc1cc(N2CCN(C(C)C)CC2=O)ccc1Nc1ncc2c(n1)N(C1CCCC1)C(=O)C21CC1. The molecule has 2 aliphatic heterocycles. The summed E-state index contributed by atoms with van der Waals surface area (Å²) >= 11 is 0. The molecular weight excluding hydrogens is 440 g/mol. The van der Waals surface area contributed by atoms with Gasteiger partial charge in [0, 0.05) is 48.3 Å². The molecule has 1 aromatic heterocycles. The summed E-state index contributed by atoms with van der Waals surface area (Å²) in [6, 6.07) is 6.66. The quantitative estimate of drug-likeness (QED) is 0.708. The van der Waals surface area contributed by atoms with Crippen molar-refractivity contribution in [1.82, 2.24) is 14.9 Å². The van der Waals surface area contributed by atoms with Crippen molar-refractivity contribution < 1.29 is 9.59 Å². The van der Waals surface area contributed by atoms with Crippen molar-refractivity contribution >= 4 is 35.0 Å². The first-order chi connectivity index (χ1) is 16.9. The number of aromatic nitrogens is 2. The summed E-state index contributed by atoms with van der Waals surface area (Å²) in [5.41, 5.74) is 3.49. The van der Waals surface area contributed by atoms with Gasteiger partial charge in [-0.25, -0.2) is 4.98 Å². The number of piperazine rings is 1. The van der Waals surface area contributed by atoms with Crippen LogP contribution in [0.1, 0.15) is 63.5 Å². The van der Waals surface area contributed by atoms with Crippen molar-refractivity contribution in [3.63, 3.8) is 0 Å². The molecule has 0 atom stereocenters. The Bertz CT molecular complexity index is 1180. The van der Waals surface area contributed by atoms with Gasteiger partial charge < -0.3 is 10.2 Å². The van der Waals surface area contributed by atoms with E-state index in [9.17, 15) is 9.59 Å². The molecule has 1 N–H and O–H groups in total. The Morgan fingerprint density at radius 2 is 1.89 bits per heavy atom. The average Bonchev–Trinajstić information content (AvgIpc) is 3.40. The molecule has 0 radical (unpaired) electrons. The van der Waals surface area contributed by atoms with Crippen LogP contribution in [0.25, 0.3) is 0 Å². The van der Waals surface area contributed by atoms with Gasteiger partial charge in [0.2, 0.25) is 17.8 Å². The van der Waals surface area contributed by atoms with E-state index in [0.29, 0.717) is 25.1 Å². The third-order valence-corrected chi connectivity index (χ3v) is 8.33. The first kappa shape index (κ1) is 22.5. The molecule has 2 aliphatic carbocycles. The predicted octanol–water partition coefficient (Wildman–Crippen LogP) is 3.91. The normalized spacial score (nSPS) is 21.9. The van der Waals surface area contributed by atoms with E-state index in [1.54, 1.807) is 0 Å². The lowest BCUT2D eigenvalue weighted by atomic mass is 10.0. The van der Waals surface area contributed by atoms with Crippen molar-refractivity contribution in [1.29, 1.82) is 0 Å². The van der Waals surface area contributed by atoms with Crippen molar-refractivity contribution in [2.24, 2.45) is 0 Å². The molecule has 1 spiro atoms. The number of nitrogens with zero attached hydrogens (tertiary/aromatic N) is 5. The summed E-state index contributed by atoms with van der Waals surface area (Å²) in [5, 5.41) is 3.37. The van der Waals surface area contributed by atoms with E-state index >= 15 is 0 Å². The first-order valence-electron chi connectivity index (χ1n) is 13.0. The number of carbonyl (C=O) groups excluding carboxylic acids is 2. The van der Waals surface area contributed by atoms with Gasteiger partial charge in [-0.2, -0.15) is 4.98 Å². The molecule has 3 fully saturated rings. The Labute approximate surface area is 206 Å². The van der Waals surface area contributed by atoms with Gasteiger partial charge in [-0.05, 0) is 70.2 Å². The summed E-state index contributed by atoms with van der Waals surface area (Å²) < 4.78 is 0. The zero-order valence-electron chi connectivity index (χ0n) is 20.9. The molecule has 2 aromatic rings. The maximum atomic E-state index is 13.3. The summed E-state index contributed by atoms with van der Waals surface area (Å²) in [6.45, 7) is 8.32. The lowest BCUT2D eigenvalue weighted by molar-refractivity contribution is -0.122. The van der Waals surface area contributed by atoms with Crippen molar-refractivity contribution in [3.8, 4) is 0 Å². The van der Waals surface area contributed by atoms with Gasteiger partial charge in [0.15, 0.2) is 0 Å². The second kappa shape index (κ2) is 8.29. The molecule has 184 valence electrons. The molecule has 0 unspecified atom stereocenters. The second-order valence-electron chi connectivity index (χ2n) is 10.9. The van der Waals surface area contributed by atoms with Crippen LogP contribution in [-0.2, 0) is 15.0 Å². The topological polar surface area (TPSA) is 81.7 Å². The smallest absolute Gasteiger partial charge is 0.241 e. The van der Waals surface area contributed by atoms with Crippen LogP contribution in [0.5, 0.6) is 0 Å². The number of amides is 2. The van der Waals surface area contributed by atoms with Crippen LogP contribution in [0.3, 0.4) is 0 Å². The van der Waals surface area contributed by atoms with Gasteiger partial charge in [-0.3, -0.25) is 19.4 Å². The van der Waals surface area contributed by atoms with Crippen LogP contribution in [0.4, 0.5) is 23.1 Å². The fourth-order valence-corrected chi connectivity index (χ4v) is 5.99. The highest BCUT2D eigenvalue weighted by atomic mass is 16.2. The average molecular weight is 475 g/mol. The lowest BCUT2D eigenvalue weighted by Crippen LogP contribution is -2.52. The summed E-state index contributed by atoms with van der Waals surface area (Å²) in [5.74, 6) is 1.68. The van der Waals surface area contributed by atoms with Crippen LogP contribution in [0.15, 0.2) is 24.4 Å². The Hall–Kier alpha value is -3.00. The zero-order valence-corrected chi connectivity index (χ0v) is 20.9. The van der Waals surface area contributed by atoms with E-state index in [1.807, 2.05) is 41.1 Å². The second-order valence-corrected chi connectivity index (χ2v) is 10.9. The van der Waals surface area contributed by atoms with Gasteiger partial charge in [0.25, 0.3) is 0 Å². The Morgan fingerprint density at radius 3 is 2.54 bits per heavy atom. The molecule has 8 heteroatoms. The molecule has 1 aromatic carbocycles. The number of hydrogen-bond donors (Lipinski definition) is 1. The van der Waals surface area contributed by atoms with Gasteiger partial charge in [-0.1, -0.05) is 12.8 Å². The molecule has 4 aliphatic rings. The number of rotatable bonds is 5. The standard InChI is InChI=1S/C27H34N6O2/c1-17(2)31-12-13-32(23(34)16-31)20-8-9-22(18(3)14-20)29-26-28-15-21-24(30-26)33(19-6-4-5-7-19)25(35)27(21)10-11-27/h8-9,14-15,17,19H,4-7,10-13,16H2,1-3H3,(H,28,29,30).